The molecule has 0 aliphatic carbocycles. The lowest BCUT2D eigenvalue weighted by Crippen LogP contribution is -2.64. The van der Waals surface area contributed by atoms with Crippen LogP contribution in [0.25, 0.3) is 0 Å². The molecular formula is C9H3F15. The normalized spacial score (nSPS) is 19.5. The van der Waals surface area contributed by atoms with Gasteiger partial charge in [0.2, 0.25) is 0 Å². The molecule has 0 N–H and O–H groups in total. The first-order chi connectivity index (χ1) is 10.0. The molecule has 2 atom stereocenters. The second-order valence-electron chi connectivity index (χ2n) is 4.34. The SMILES string of the molecule is CC(F)(C(F)(F)F)C(F)(C(F)=C(C(F)(F)F)C(F)(F)F)C(F)(F)F. The molecule has 24 heavy (non-hydrogen) atoms. The van der Waals surface area contributed by atoms with Crippen LogP contribution in [0.2, 0.25) is 0 Å². The molecule has 144 valence electrons. The lowest BCUT2D eigenvalue weighted by atomic mass is 9.83. The fourth-order valence-corrected chi connectivity index (χ4v) is 1.37. The minimum absolute atomic E-state index is 1.38. The fraction of sp³-hybridized carbons (Fsp3) is 0.778. The Kier molecular flexibility index (Phi) is 5.30. The summed E-state index contributed by atoms with van der Waals surface area (Å²) in [7, 11) is 0. The molecule has 0 spiro atoms. The smallest absolute Gasteiger partial charge is 0.230 e. The van der Waals surface area contributed by atoms with Crippen LogP contribution in [0.15, 0.2) is 11.4 Å². The van der Waals surface area contributed by atoms with Gasteiger partial charge in [-0.15, -0.1) is 0 Å². The molecule has 0 amide bonds. The average molecular weight is 396 g/mol. The van der Waals surface area contributed by atoms with Crippen LogP contribution in [0.5, 0.6) is 0 Å². The fourth-order valence-electron chi connectivity index (χ4n) is 1.37. The van der Waals surface area contributed by atoms with E-state index >= 15 is 0 Å². The highest BCUT2D eigenvalue weighted by Crippen LogP contribution is 2.58. The topological polar surface area (TPSA) is 0 Å². The zero-order valence-corrected chi connectivity index (χ0v) is 10.7. The van der Waals surface area contributed by atoms with Crippen molar-refractivity contribution in [2.45, 2.75) is 43.0 Å². The third kappa shape index (κ3) is 3.53. The van der Waals surface area contributed by atoms with Gasteiger partial charge < -0.3 is 0 Å². The molecule has 0 aliphatic rings. The molecule has 0 aromatic rings. The standard InChI is InChI=1S/C9H3F15/c1-4(11,8(19,20)21)5(12,9(22,23)24)3(10)2(6(13,14)15)7(16,17)18/h1H3. The van der Waals surface area contributed by atoms with Gasteiger partial charge >= 0.3 is 24.7 Å². The summed E-state index contributed by atoms with van der Waals surface area (Å²) in [6.45, 7) is -1.38. The van der Waals surface area contributed by atoms with Crippen LogP contribution >= 0.6 is 0 Å². The maximum atomic E-state index is 13.6. The molecule has 0 saturated heterocycles. The summed E-state index contributed by atoms with van der Waals surface area (Å²) in [5, 5.41) is 0. The lowest BCUT2D eigenvalue weighted by Gasteiger charge is -2.38. The summed E-state index contributed by atoms with van der Waals surface area (Å²) < 4.78 is 187. The Bertz CT molecular complexity index is 479. The molecule has 0 nitrogen and oxygen atoms in total. The third-order valence-corrected chi connectivity index (χ3v) is 2.66. The van der Waals surface area contributed by atoms with Gasteiger partial charge in [-0.3, -0.25) is 0 Å². The maximum Gasteiger partial charge on any atom is 0.432 e. The van der Waals surface area contributed by atoms with Crippen LogP contribution in [0.1, 0.15) is 6.92 Å². The molecule has 0 saturated carbocycles. The van der Waals surface area contributed by atoms with Crippen molar-refractivity contribution in [2.24, 2.45) is 0 Å². The van der Waals surface area contributed by atoms with Crippen LogP contribution in [0, 0.1) is 0 Å². The molecule has 0 aromatic heterocycles. The Balaban J connectivity index is 7.12. The Morgan fingerprint density at radius 1 is 0.542 bits per heavy atom. The molecule has 15 heteroatoms. The molecule has 0 heterocycles. The van der Waals surface area contributed by atoms with Gasteiger partial charge in [0, 0.05) is 0 Å². The largest absolute Gasteiger partial charge is 0.432 e. The summed E-state index contributed by atoms with van der Waals surface area (Å²) in [5.41, 5.74) is -18.7. The number of allylic oxidation sites excluding steroid dienone is 2. The first-order valence-corrected chi connectivity index (χ1v) is 5.08. The van der Waals surface area contributed by atoms with E-state index in [1.165, 1.54) is 0 Å². The molecular weight excluding hydrogens is 393 g/mol. The molecule has 0 aromatic carbocycles. The number of hydrogen-bond acceptors (Lipinski definition) is 0. The van der Waals surface area contributed by atoms with Gasteiger partial charge in [0.05, 0.1) is 0 Å². The van der Waals surface area contributed by atoms with E-state index in [1.807, 2.05) is 0 Å². The van der Waals surface area contributed by atoms with Crippen molar-refractivity contribution in [2.75, 3.05) is 0 Å². The lowest BCUT2D eigenvalue weighted by molar-refractivity contribution is -0.331. The van der Waals surface area contributed by atoms with E-state index in [-0.39, 0.29) is 0 Å². The minimum Gasteiger partial charge on any atom is -0.230 e. The monoisotopic (exact) mass is 396 g/mol. The molecule has 0 radical (unpaired) electrons. The third-order valence-electron chi connectivity index (χ3n) is 2.66. The van der Waals surface area contributed by atoms with Crippen LogP contribution < -0.4 is 0 Å². The van der Waals surface area contributed by atoms with E-state index in [4.69, 9.17) is 0 Å². The summed E-state index contributed by atoms with van der Waals surface area (Å²) in [5.74, 6) is -5.04. The van der Waals surface area contributed by atoms with Gasteiger partial charge in [0.25, 0.3) is 11.3 Å². The highest BCUT2D eigenvalue weighted by molar-refractivity contribution is 5.33. The number of alkyl halides is 14. The molecule has 2 unspecified atom stereocenters. The molecule has 0 bridgehead atoms. The summed E-state index contributed by atoms with van der Waals surface area (Å²) in [6, 6.07) is 0. The predicted octanol–water partition coefficient (Wildman–Crippen LogP) is 5.90. The van der Waals surface area contributed by atoms with Crippen LogP contribution in [-0.2, 0) is 0 Å². The highest BCUT2D eigenvalue weighted by Gasteiger charge is 2.81. The van der Waals surface area contributed by atoms with E-state index < -0.39 is 54.4 Å². The van der Waals surface area contributed by atoms with E-state index in [9.17, 15) is 65.9 Å². The van der Waals surface area contributed by atoms with E-state index in [0.717, 1.165) is 0 Å². The van der Waals surface area contributed by atoms with Crippen molar-refractivity contribution in [1.29, 1.82) is 0 Å². The van der Waals surface area contributed by atoms with E-state index in [1.54, 1.807) is 0 Å². The second-order valence-corrected chi connectivity index (χ2v) is 4.34. The van der Waals surface area contributed by atoms with E-state index in [0.29, 0.717) is 0 Å². The minimum atomic E-state index is -7.46. The average Bonchev–Trinajstić information content (AvgIpc) is 2.19. The van der Waals surface area contributed by atoms with Crippen molar-refractivity contribution in [1.82, 2.24) is 0 Å². The first kappa shape index (κ1) is 22.7. The number of hydrogen-bond donors (Lipinski definition) is 0. The Morgan fingerprint density at radius 3 is 1.00 bits per heavy atom. The zero-order chi connectivity index (χ0) is 20.2. The van der Waals surface area contributed by atoms with Crippen molar-refractivity contribution in [3.05, 3.63) is 11.4 Å². The first-order valence-electron chi connectivity index (χ1n) is 5.08. The summed E-state index contributed by atoms with van der Waals surface area (Å²) >= 11 is 0. The van der Waals surface area contributed by atoms with Crippen molar-refractivity contribution >= 4 is 0 Å². The molecule has 0 fully saturated rings. The number of rotatable bonds is 2. The Hall–Kier alpha value is -1.31. The van der Waals surface area contributed by atoms with Crippen LogP contribution in [0.4, 0.5) is 65.9 Å². The maximum absolute atomic E-state index is 13.6. The van der Waals surface area contributed by atoms with Gasteiger partial charge in [-0.2, -0.15) is 52.7 Å². The van der Waals surface area contributed by atoms with Gasteiger partial charge in [-0.05, 0) is 6.92 Å². The van der Waals surface area contributed by atoms with Crippen LogP contribution in [-0.4, -0.2) is 36.0 Å². The molecule has 0 aliphatic heterocycles. The quantitative estimate of drug-likeness (QED) is 0.511. The Labute approximate surface area is 121 Å². The highest BCUT2D eigenvalue weighted by atomic mass is 19.4. The van der Waals surface area contributed by atoms with Gasteiger partial charge in [-0.1, -0.05) is 0 Å². The number of halogens is 15. The van der Waals surface area contributed by atoms with E-state index in [2.05, 4.69) is 0 Å². The summed E-state index contributed by atoms with van der Waals surface area (Å²) in [4.78, 5) is 0. The van der Waals surface area contributed by atoms with Gasteiger partial charge in [0.1, 0.15) is 0 Å². The van der Waals surface area contributed by atoms with Crippen LogP contribution in [0.3, 0.4) is 0 Å². The van der Waals surface area contributed by atoms with Crippen molar-refractivity contribution in [3.63, 3.8) is 0 Å². The van der Waals surface area contributed by atoms with Gasteiger partial charge in [0.15, 0.2) is 11.4 Å². The summed E-state index contributed by atoms with van der Waals surface area (Å²) in [6.07, 6.45) is -28.7. The van der Waals surface area contributed by atoms with Gasteiger partial charge in [-0.25, -0.2) is 13.2 Å². The van der Waals surface area contributed by atoms with Crippen molar-refractivity contribution in [3.8, 4) is 0 Å². The van der Waals surface area contributed by atoms with Crippen molar-refractivity contribution < 1.29 is 65.9 Å². The Morgan fingerprint density at radius 2 is 0.833 bits per heavy atom. The second kappa shape index (κ2) is 5.61. The molecule has 0 rings (SSSR count). The zero-order valence-electron chi connectivity index (χ0n) is 10.7. The predicted molar refractivity (Wildman–Crippen MR) is 45.7 cm³/mol.